The monoisotopic (exact) mass is 403 g/mol. The molecule has 1 N–H and O–H groups in total. The maximum Gasteiger partial charge on any atom is 0.234 e. The average Bonchev–Trinajstić information content (AvgIpc) is 2.71. The Hall–Kier alpha value is -2.25. The molecule has 1 aromatic carbocycles. The van der Waals surface area contributed by atoms with Gasteiger partial charge in [-0.15, -0.1) is 0 Å². The molecule has 1 heterocycles. The number of carbonyl (C=O) groups is 3. The Labute approximate surface area is 173 Å². The third kappa shape index (κ3) is 7.59. The maximum absolute atomic E-state index is 12.5. The minimum atomic E-state index is -0.000123. The van der Waals surface area contributed by atoms with Crippen LogP contribution in [0, 0.1) is 13.8 Å². The first-order valence-corrected chi connectivity index (χ1v) is 10.3. The van der Waals surface area contributed by atoms with Crippen LogP contribution in [-0.4, -0.2) is 80.4 Å². The molecular formula is C22H33N3O4. The number of hydrogen-bond acceptors (Lipinski definition) is 5. The fourth-order valence-corrected chi connectivity index (χ4v) is 3.30. The third-order valence-corrected chi connectivity index (χ3v) is 5.33. The normalized spacial score (nSPS) is 14.7. The lowest BCUT2D eigenvalue weighted by atomic mass is 10.0. The summed E-state index contributed by atoms with van der Waals surface area (Å²) in [7, 11) is 1.64. The van der Waals surface area contributed by atoms with Gasteiger partial charge in [0.15, 0.2) is 5.78 Å². The van der Waals surface area contributed by atoms with Gasteiger partial charge in [0.05, 0.1) is 6.54 Å². The van der Waals surface area contributed by atoms with E-state index in [4.69, 9.17) is 4.74 Å². The van der Waals surface area contributed by atoms with E-state index in [2.05, 4.69) is 10.2 Å². The van der Waals surface area contributed by atoms with Gasteiger partial charge in [-0.1, -0.05) is 12.1 Å². The van der Waals surface area contributed by atoms with Crippen molar-refractivity contribution in [3.63, 3.8) is 0 Å². The predicted molar refractivity (Wildman–Crippen MR) is 112 cm³/mol. The van der Waals surface area contributed by atoms with Gasteiger partial charge in [-0.3, -0.25) is 19.3 Å². The van der Waals surface area contributed by atoms with Crippen molar-refractivity contribution in [2.45, 2.75) is 33.1 Å². The second-order valence-electron chi connectivity index (χ2n) is 7.58. The number of carbonyl (C=O) groups excluding carboxylic acids is 3. The number of nitrogens with zero attached hydrogens (tertiary/aromatic N) is 2. The summed E-state index contributed by atoms with van der Waals surface area (Å²) >= 11 is 0. The Morgan fingerprint density at radius 2 is 1.76 bits per heavy atom. The van der Waals surface area contributed by atoms with Gasteiger partial charge in [-0.25, -0.2) is 0 Å². The highest BCUT2D eigenvalue weighted by Crippen LogP contribution is 2.13. The first-order chi connectivity index (χ1) is 13.9. The SMILES string of the molecule is COCCCNC(=O)CN1CCN(C(=O)CCC(=O)c2ccc(C)c(C)c2)CC1. The second-order valence-corrected chi connectivity index (χ2v) is 7.58. The molecular weight excluding hydrogens is 370 g/mol. The van der Waals surface area contributed by atoms with Gasteiger partial charge < -0.3 is 15.0 Å². The van der Waals surface area contributed by atoms with E-state index in [9.17, 15) is 14.4 Å². The van der Waals surface area contributed by atoms with Gasteiger partial charge in [0.1, 0.15) is 0 Å². The van der Waals surface area contributed by atoms with Crippen LogP contribution in [-0.2, 0) is 14.3 Å². The lowest BCUT2D eigenvalue weighted by molar-refractivity contribution is -0.133. The molecule has 29 heavy (non-hydrogen) atoms. The number of hydrogen-bond donors (Lipinski definition) is 1. The van der Waals surface area contributed by atoms with Crippen molar-refractivity contribution >= 4 is 17.6 Å². The molecule has 7 heteroatoms. The van der Waals surface area contributed by atoms with E-state index in [1.165, 1.54) is 0 Å². The first kappa shape index (κ1) is 23.0. The lowest BCUT2D eigenvalue weighted by Crippen LogP contribution is -2.51. The number of nitrogens with one attached hydrogen (secondary N) is 1. The number of piperazine rings is 1. The smallest absolute Gasteiger partial charge is 0.234 e. The average molecular weight is 404 g/mol. The highest BCUT2D eigenvalue weighted by molar-refractivity contribution is 5.98. The Bertz CT molecular complexity index is 712. The van der Waals surface area contributed by atoms with Crippen molar-refractivity contribution in [2.24, 2.45) is 0 Å². The van der Waals surface area contributed by atoms with Crippen molar-refractivity contribution in [3.05, 3.63) is 34.9 Å². The molecule has 1 aliphatic rings. The van der Waals surface area contributed by atoms with E-state index < -0.39 is 0 Å². The number of amides is 2. The molecule has 7 nitrogen and oxygen atoms in total. The van der Waals surface area contributed by atoms with E-state index in [0.717, 1.165) is 17.5 Å². The van der Waals surface area contributed by atoms with Gasteiger partial charge in [-0.2, -0.15) is 0 Å². The van der Waals surface area contributed by atoms with Crippen LogP contribution in [0.5, 0.6) is 0 Å². The molecule has 1 saturated heterocycles. The van der Waals surface area contributed by atoms with Crippen molar-refractivity contribution < 1.29 is 19.1 Å². The van der Waals surface area contributed by atoms with Crippen LogP contribution in [0.4, 0.5) is 0 Å². The van der Waals surface area contributed by atoms with Crippen LogP contribution < -0.4 is 5.32 Å². The highest BCUT2D eigenvalue weighted by atomic mass is 16.5. The molecule has 0 aromatic heterocycles. The molecule has 0 atom stereocenters. The number of benzene rings is 1. The Morgan fingerprint density at radius 1 is 1.03 bits per heavy atom. The van der Waals surface area contributed by atoms with Crippen LogP contribution in [0.2, 0.25) is 0 Å². The molecule has 0 saturated carbocycles. The van der Waals surface area contributed by atoms with Gasteiger partial charge in [-0.05, 0) is 37.5 Å². The molecule has 160 valence electrons. The van der Waals surface area contributed by atoms with Crippen molar-refractivity contribution in [2.75, 3.05) is 53.0 Å². The zero-order valence-electron chi connectivity index (χ0n) is 17.8. The Morgan fingerprint density at radius 3 is 2.41 bits per heavy atom. The molecule has 2 rings (SSSR count). The van der Waals surface area contributed by atoms with Crippen molar-refractivity contribution in [1.82, 2.24) is 15.1 Å². The summed E-state index contributed by atoms with van der Waals surface area (Å²) in [5, 5.41) is 2.88. The first-order valence-electron chi connectivity index (χ1n) is 10.3. The molecule has 1 aromatic rings. The summed E-state index contributed by atoms with van der Waals surface area (Å²) in [6.07, 6.45) is 1.25. The number of ether oxygens (including phenoxy) is 1. The van der Waals surface area contributed by atoms with Crippen LogP contribution in [0.1, 0.15) is 40.7 Å². The van der Waals surface area contributed by atoms with E-state index in [1.54, 1.807) is 12.0 Å². The zero-order chi connectivity index (χ0) is 21.2. The van der Waals surface area contributed by atoms with Gasteiger partial charge in [0.25, 0.3) is 0 Å². The van der Waals surface area contributed by atoms with E-state index >= 15 is 0 Å². The van der Waals surface area contributed by atoms with Crippen molar-refractivity contribution in [1.29, 1.82) is 0 Å². The molecule has 2 amide bonds. The van der Waals surface area contributed by atoms with Crippen molar-refractivity contribution in [3.8, 4) is 0 Å². The molecule has 0 aliphatic carbocycles. The summed E-state index contributed by atoms with van der Waals surface area (Å²) in [4.78, 5) is 40.6. The third-order valence-electron chi connectivity index (χ3n) is 5.33. The lowest BCUT2D eigenvalue weighted by Gasteiger charge is -2.34. The molecule has 0 spiro atoms. The second kappa shape index (κ2) is 11.7. The van der Waals surface area contributed by atoms with Crippen LogP contribution in [0.3, 0.4) is 0 Å². The number of Topliss-reactive ketones (excluding diaryl/α,β-unsaturated/α-hetero) is 1. The largest absolute Gasteiger partial charge is 0.385 e. The number of aryl methyl sites for hydroxylation is 2. The highest BCUT2D eigenvalue weighted by Gasteiger charge is 2.22. The van der Waals surface area contributed by atoms with E-state index in [0.29, 0.717) is 51.4 Å². The molecule has 1 fully saturated rings. The summed E-state index contributed by atoms with van der Waals surface area (Å²) < 4.78 is 4.96. The topological polar surface area (TPSA) is 79.0 Å². The quantitative estimate of drug-likeness (QED) is 0.474. The number of rotatable bonds is 10. The van der Waals surface area contributed by atoms with Gasteiger partial charge in [0, 0.05) is 64.8 Å². The molecule has 0 unspecified atom stereocenters. The minimum Gasteiger partial charge on any atom is -0.385 e. The maximum atomic E-state index is 12.5. The van der Waals surface area contributed by atoms with Crippen LogP contribution in [0.25, 0.3) is 0 Å². The standard InChI is InChI=1S/C22H33N3O4/c1-17-5-6-19(15-18(17)2)20(26)7-8-22(28)25-12-10-24(11-13-25)16-21(27)23-9-4-14-29-3/h5-6,15H,4,7-14,16H2,1-3H3,(H,23,27). The summed E-state index contributed by atoms with van der Waals surface area (Å²) in [5.41, 5.74) is 2.91. The molecule has 0 bridgehead atoms. The van der Waals surface area contributed by atoms with Gasteiger partial charge >= 0.3 is 0 Å². The summed E-state index contributed by atoms with van der Waals surface area (Å²) in [6.45, 7) is 8.10. The predicted octanol–water partition coefficient (Wildman–Crippen LogP) is 1.56. The number of methoxy groups -OCH3 is 1. The van der Waals surface area contributed by atoms with Crippen LogP contribution >= 0.6 is 0 Å². The zero-order valence-corrected chi connectivity index (χ0v) is 17.8. The van der Waals surface area contributed by atoms with E-state index in [1.807, 2.05) is 32.0 Å². The summed E-state index contributed by atoms with van der Waals surface area (Å²) in [6, 6.07) is 5.66. The van der Waals surface area contributed by atoms with E-state index in [-0.39, 0.29) is 30.4 Å². The molecule has 1 aliphatic heterocycles. The fourth-order valence-electron chi connectivity index (χ4n) is 3.30. The van der Waals surface area contributed by atoms with Gasteiger partial charge in [0.2, 0.25) is 11.8 Å². The number of ketones is 1. The Balaban J connectivity index is 1.68. The minimum absolute atomic E-state index is 0.000123. The fraction of sp³-hybridized carbons (Fsp3) is 0.591. The summed E-state index contributed by atoms with van der Waals surface area (Å²) in [5.74, 6) is 0.0101. The Kier molecular flexibility index (Phi) is 9.28. The molecule has 0 radical (unpaired) electrons. The van der Waals surface area contributed by atoms with Crippen LogP contribution in [0.15, 0.2) is 18.2 Å².